The number of rotatable bonds is 4. The molecule has 2 bridgehead atoms. The van der Waals surface area contributed by atoms with E-state index in [-0.39, 0.29) is 6.10 Å². The van der Waals surface area contributed by atoms with Crippen molar-refractivity contribution in [3.8, 4) is 0 Å². The maximum absolute atomic E-state index is 13.6. The first-order valence-electron chi connectivity index (χ1n) is 11.2. The number of hydrogen-bond acceptors (Lipinski definition) is 5. The molecule has 7 nitrogen and oxygen atoms in total. The Kier molecular flexibility index (Phi) is 5.47. The van der Waals surface area contributed by atoms with Crippen molar-refractivity contribution in [2.24, 2.45) is 5.92 Å². The molecular formula is C24H28N2O5S. The van der Waals surface area contributed by atoms with Crippen molar-refractivity contribution in [1.29, 1.82) is 0 Å². The zero-order chi connectivity index (χ0) is 22.3. The smallest absolute Gasteiger partial charge is 0.411 e. The van der Waals surface area contributed by atoms with Crippen molar-refractivity contribution < 1.29 is 22.5 Å². The number of carbonyl (C=O) groups is 1. The molecule has 0 radical (unpaired) electrons. The predicted octanol–water partition coefficient (Wildman–Crippen LogP) is 2.91. The van der Waals surface area contributed by atoms with Gasteiger partial charge in [0.05, 0.1) is 0 Å². The van der Waals surface area contributed by atoms with Gasteiger partial charge in [0.15, 0.2) is 0 Å². The van der Waals surface area contributed by atoms with E-state index in [4.69, 9.17) is 4.74 Å². The molecule has 0 unspecified atom stereocenters. The van der Waals surface area contributed by atoms with Crippen LogP contribution in [0.4, 0.5) is 4.79 Å². The van der Waals surface area contributed by atoms with Crippen LogP contribution in [0.2, 0.25) is 0 Å². The fourth-order valence-electron chi connectivity index (χ4n) is 5.72. The largest absolute Gasteiger partial charge is 0.444 e. The number of hydrogen-bond donors (Lipinski definition) is 1. The molecule has 2 atom stereocenters. The fraction of sp³-hybridized carbons (Fsp3) is 0.458. The summed E-state index contributed by atoms with van der Waals surface area (Å²) >= 11 is 0. The van der Waals surface area contributed by atoms with E-state index in [1.54, 1.807) is 0 Å². The molecule has 0 spiro atoms. The van der Waals surface area contributed by atoms with E-state index < -0.39 is 27.5 Å². The second kappa shape index (κ2) is 8.17. The van der Waals surface area contributed by atoms with E-state index in [0.29, 0.717) is 30.0 Å². The van der Waals surface area contributed by atoms with E-state index in [9.17, 15) is 17.8 Å². The molecule has 0 aromatic heterocycles. The maximum atomic E-state index is 13.6. The summed E-state index contributed by atoms with van der Waals surface area (Å²) in [6.07, 6.45) is 1.89. The Morgan fingerprint density at radius 1 is 1.03 bits per heavy atom. The van der Waals surface area contributed by atoms with Gasteiger partial charge in [0.2, 0.25) is 0 Å². The molecule has 2 aromatic carbocycles. The highest BCUT2D eigenvalue weighted by molar-refractivity contribution is 7.85. The average molecular weight is 457 g/mol. The highest BCUT2D eigenvalue weighted by Crippen LogP contribution is 2.43. The van der Waals surface area contributed by atoms with Crippen LogP contribution in [0, 0.1) is 5.92 Å². The van der Waals surface area contributed by atoms with Gasteiger partial charge in [-0.15, -0.1) is 0 Å². The second-order valence-electron chi connectivity index (χ2n) is 9.07. The molecule has 6 rings (SSSR count). The highest BCUT2D eigenvalue weighted by atomic mass is 32.2. The van der Waals surface area contributed by atoms with Crippen molar-refractivity contribution in [3.05, 3.63) is 71.3 Å². The topological polar surface area (TPSA) is 87.2 Å². The van der Waals surface area contributed by atoms with Gasteiger partial charge < -0.3 is 4.74 Å². The van der Waals surface area contributed by atoms with Gasteiger partial charge in [0, 0.05) is 13.1 Å². The summed E-state index contributed by atoms with van der Waals surface area (Å²) in [5, 5.41) is 0. The minimum atomic E-state index is -4.44. The SMILES string of the molecule is O=C(O[C@H]1CN2CCC1CC2)N1CCc2ccccc2[C@@]1(CS(=O)(=O)O)c1ccccc1. The van der Waals surface area contributed by atoms with Crippen molar-refractivity contribution in [1.82, 2.24) is 9.80 Å². The number of nitrogens with zero attached hydrogens (tertiary/aromatic N) is 2. The number of benzene rings is 2. The van der Waals surface area contributed by atoms with E-state index in [1.807, 2.05) is 54.6 Å². The van der Waals surface area contributed by atoms with Gasteiger partial charge in [-0.05, 0) is 55.0 Å². The van der Waals surface area contributed by atoms with Gasteiger partial charge in [-0.2, -0.15) is 8.42 Å². The summed E-state index contributed by atoms with van der Waals surface area (Å²) < 4.78 is 40.7. The summed E-state index contributed by atoms with van der Waals surface area (Å²) in [6, 6.07) is 16.6. The molecule has 3 fully saturated rings. The molecule has 1 N–H and O–H groups in total. The van der Waals surface area contributed by atoms with Crippen LogP contribution in [0.1, 0.15) is 29.5 Å². The normalized spacial score (nSPS) is 29.4. The van der Waals surface area contributed by atoms with Crippen LogP contribution >= 0.6 is 0 Å². The number of ether oxygens (including phenoxy) is 1. The number of amides is 1. The predicted molar refractivity (Wildman–Crippen MR) is 120 cm³/mol. The highest BCUT2D eigenvalue weighted by Gasteiger charge is 2.50. The summed E-state index contributed by atoms with van der Waals surface area (Å²) in [4.78, 5) is 17.5. The van der Waals surface area contributed by atoms with E-state index in [1.165, 1.54) is 4.90 Å². The second-order valence-corrected chi connectivity index (χ2v) is 10.5. The lowest BCUT2D eigenvalue weighted by atomic mass is 9.77. The molecule has 4 aliphatic rings. The summed E-state index contributed by atoms with van der Waals surface area (Å²) in [5.41, 5.74) is 0.942. The standard InChI is InChI=1S/C24H28N2O5S/c27-23(31-22-16-25-13-10-19(22)11-14-25)26-15-12-18-6-4-5-9-21(18)24(26,17-32(28,29)30)20-7-2-1-3-8-20/h1-9,19,22H,10-17H2,(H,28,29,30)/t22-,24+/m0/s1. The van der Waals surface area contributed by atoms with E-state index in [2.05, 4.69) is 4.90 Å². The molecule has 0 aliphatic carbocycles. The third-order valence-corrected chi connectivity index (χ3v) is 8.02. The van der Waals surface area contributed by atoms with Crippen LogP contribution in [-0.2, 0) is 26.8 Å². The molecule has 0 saturated carbocycles. The summed E-state index contributed by atoms with van der Waals surface area (Å²) in [5.74, 6) is -0.287. The first-order chi connectivity index (χ1) is 15.4. The number of fused-ring (bicyclic) bond motifs is 4. The van der Waals surface area contributed by atoms with Crippen LogP contribution in [-0.4, -0.2) is 66.9 Å². The van der Waals surface area contributed by atoms with Crippen molar-refractivity contribution >= 4 is 16.2 Å². The van der Waals surface area contributed by atoms with Crippen molar-refractivity contribution in [3.63, 3.8) is 0 Å². The van der Waals surface area contributed by atoms with Crippen LogP contribution in [0.15, 0.2) is 54.6 Å². The van der Waals surface area contributed by atoms with E-state index in [0.717, 1.165) is 38.0 Å². The zero-order valence-corrected chi connectivity index (χ0v) is 18.7. The van der Waals surface area contributed by atoms with Gasteiger partial charge in [0.25, 0.3) is 10.1 Å². The Balaban J connectivity index is 1.59. The fourth-order valence-corrected chi connectivity index (χ4v) is 6.73. The Bertz CT molecular complexity index is 1100. The van der Waals surface area contributed by atoms with Crippen molar-refractivity contribution in [2.45, 2.75) is 30.9 Å². The molecule has 3 saturated heterocycles. The zero-order valence-electron chi connectivity index (χ0n) is 17.9. The Labute approximate surface area is 188 Å². The third kappa shape index (κ3) is 3.80. The third-order valence-electron chi connectivity index (χ3n) is 7.24. The Hall–Kier alpha value is -2.42. The van der Waals surface area contributed by atoms with Gasteiger partial charge in [-0.3, -0.25) is 14.4 Å². The molecule has 4 heterocycles. The lowest BCUT2D eigenvalue weighted by Gasteiger charge is -2.49. The lowest BCUT2D eigenvalue weighted by Crippen LogP contribution is -2.59. The van der Waals surface area contributed by atoms with E-state index >= 15 is 0 Å². The van der Waals surface area contributed by atoms with Gasteiger partial charge >= 0.3 is 6.09 Å². The summed E-state index contributed by atoms with van der Waals surface area (Å²) in [6.45, 7) is 3.10. The quantitative estimate of drug-likeness (QED) is 0.712. The molecule has 1 amide bonds. The summed E-state index contributed by atoms with van der Waals surface area (Å²) in [7, 11) is -4.44. The molecule has 4 aliphatic heterocycles. The Morgan fingerprint density at radius 3 is 2.38 bits per heavy atom. The van der Waals surface area contributed by atoms with Crippen LogP contribution < -0.4 is 0 Å². The minimum absolute atomic E-state index is 0.193. The minimum Gasteiger partial charge on any atom is -0.444 e. The number of carbonyl (C=O) groups excluding carboxylic acids is 1. The van der Waals surface area contributed by atoms with Crippen molar-refractivity contribution in [2.75, 3.05) is 31.9 Å². The van der Waals surface area contributed by atoms with Gasteiger partial charge in [-0.1, -0.05) is 54.6 Å². The molecule has 8 heteroatoms. The van der Waals surface area contributed by atoms with Gasteiger partial charge in [-0.25, -0.2) is 4.79 Å². The van der Waals surface area contributed by atoms with Crippen LogP contribution in [0.5, 0.6) is 0 Å². The van der Waals surface area contributed by atoms with Gasteiger partial charge in [0.1, 0.15) is 17.4 Å². The lowest BCUT2D eigenvalue weighted by molar-refractivity contribution is -0.0512. The maximum Gasteiger partial charge on any atom is 0.411 e. The monoisotopic (exact) mass is 456 g/mol. The molecule has 32 heavy (non-hydrogen) atoms. The average Bonchev–Trinajstić information content (AvgIpc) is 2.79. The molecule has 2 aromatic rings. The first kappa shape index (κ1) is 21.4. The van der Waals surface area contributed by atoms with Crippen LogP contribution in [0.3, 0.4) is 0 Å². The van der Waals surface area contributed by atoms with Crippen LogP contribution in [0.25, 0.3) is 0 Å². The molecule has 170 valence electrons. The molecular weight excluding hydrogens is 428 g/mol. The first-order valence-corrected chi connectivity index (χ1v) is 12.8. The number of piperidine rings is 3. The Morgan fingerprint density at radius 2 is 1.72 bits per heavy atom.